The smallest absolute Gasteiger partial charge is 0.320 e. The van der Waals surface area contributed by atoms with Crippen molar-refractivity contribution in [1.29, 1.82) is 0 Å². The van der Waals surface area contributed by atoms with Gasteiger partial charge < -0.3 is 9.79 Å². The van der Waals surface area contributed by atoms with Crippen molar-refractivity contribution in [2.24, 2.45) is 0 Å². The second-order valence-electron chi connectivity index (χ2n) is 4.29. The summed E-state index contributed by atoms with van der Waals surface area (Å²) in [6, 6.07) is 0.850. The van der Waals surface area contributed by atoms with Gasteiger partial charge in [-0.25, -0.2) is 4.39 Å². The van der Waals surface area contributed by atoms with Gasteiger partial charge in [0.1, 0.15) is 5.82 Å². The van der Waals surface area contributed by atoms with Crippen LogP contribution in [0.4, 0.5) is 13.2 Å². The highest BCUT2D eigenvalue weighted by Crippen LogP contribution is 2.60. The predicted molar refractivity (Wildman–Crippen MR) is 65.8 cm³/mol. The van der Waals surface area contributed by atoms with E-state index >= 15 is 0 Å². The molecule has 7 heteroatoms. The lowest BCUT2D eigenvalue weighted by Gasteiger charge is -2.22. The SMILES string of the molecule is CCc1cc(C(F)(F)P(=O)(O)O)c(F)c(CC)c1C. The van der Waals surface area contributed by atoms with E-state index in [2.05, 4.69) is 0 Å². The van der Waals surface area contributed by atoms with Crippen LogP contribution in [0, 0.1) is 12.7 Å². The standard InChI is InChI=1S/C12H16F3O3P/c1-4-8-6-10(12(14,15)19(16,17)18)11(13)9(5-2)7(8)3/h6H,4-5H2,1-3H3,(H2,16,17,18). The minimum Gasteiger partial charge on any atom is -0.320 e. The van der Waals surface area contributed by atoms with Gasteiger partial charge in [0.25, 0.3) is 0 Å². The Morgan fingerprint density at radius 2 is 1.79 bits per heavy atom. The molecular weight excluding hydrogens is 280 g/mol. The Morgan fingerprint density at radius 1 is 1.26 bits per heavy atom. The number of hydrogen-bond acceptors (Lipinski definition) is 1. The first kappa shape index (κ1) is 16.2. The van der Waals surface area contributed by atoms with Crippen LogP contribution in [0.3, 0.4) is 0 Å². The van der Waals surface area contributed by atoms with Crippen LogP contribution in [0.5, 0.6) is 0 Å². The molecule has 0 bridgehead atoms. The summed E-state index contributed by atoms with van der Waals surface area (Å²) in [5.74, 6) is -1.23. The van der Waals surface area contributed by atoms with Crippen LogP contribution in [0.25, 0.3) is 0 Å². The third-order valence-corrected chi connectivity index (χ3v) is 4.15. The minimum atomic E-state index is -5.77. The Labute approximate surface area is 109 Å². The Balaban J connectivity index is 3.67. The van der Waals surface area contributed by atoms with Gasteiger partial charge >= 0.3 is 13.3 Å². The van der Waals surface area contributed by atoms with Crippen molar-refractivity contribution < 1.29 is 27.5 Å². The van der Waals surface area contributed by atoms with E-state index in [1.807, 2.05) is 0 Å². The summed E-state index contributed by atoms with van der Waals surface area (Å²) in [5, 5.41) is 0. The summed E-state index contributed by atoms with van der Waals surface area (Å²) in [6.07, 6.45) is 0.555. The molecule has 2 N–H and O–H groups in total. The molecule has 0 amide bonds. The topological polar surface area (TPSA) is 57.5 Å². The maximum Gasteiger partial charge on any atom is 0.399 e. The molecule has 0 aliphatic carbocycles. The van der Waals surface area contributed by atoms with Gasteiger partial charge in [-0.3, -0.25) is 4.57 Å². The Morgan fingerprint density at radius 3 is 2.16 bits per heavy atom. The number of benzene rings is 1. The molecule has 1 rings (SSSR count). The molecule has 0 aliphatic heterocycles. The zero-order valence-corrected chi connectivity index (χ0v) is 11.8. The minimum absolute atomic E-state index is 0.0717. The van der Waals surface area contributed by atoms with E-state index in [4.69, 9.17) is 9.79 Å². The quantitative estimate of drug-likeness (QED) is 0.836. The number of hydrogen-bond donors (Lipinski definition) is 2. The number of aryl methyl sites for hydroxylation is 1. The molecule has 0 heterocycles. The fourth-order valence-corrected chi connectivity index (χ4v) is 2.51. The molecule has 19 heavy (non-hydrogen) atoms. The average molecular weight is 296 g/mol. The van der Waals surface area contributed by atoms with Crippen LogP contribution < -0.4 is 0 Å². The number of alkyl halides is 2. The van der Waals surface area contributed by atoms with Crippen LogP contribution >= 0.6 is 7.60 Å². The van der Waals surface area contributed by atoms with Gasteiger partial charge in [-0.15, -0.1) is 0 Å². The van der Waals surface area contributed by atoms with Crippen molar-refractivity contribution in [3.05, 3.63) is 34.1 Å². The van der Waals surface area contributed by atoms with Crippen molar-refractivity contribution in [1.82, 2.24) is 0 Å². The third kappa shape index (κ3) is 2.71. The number of halogens is 3. The molecule has 0 unspecified atom stereocenters. The lowest BCUT2D eigenvalue weighted by Crippen LogP contribution is -2.18. The van der Waals surface area contributed by atoms with E-state index in [0.29, 0.717) is 17.5 Å². The molecule has 1 aromatic rings. The molecule has 0 aromatic heterocycles. The first-order valence-electron chi connectivity index (χ1n) is 5.82. The Hall–Kier alpha value is -0.840. The molecule has 0 atom stereocenters. The Bertz CT molecular complexity index is 538. The summed E-state index contributed by atoms with van der Waals surface area (Å²) in [6.45, 7) is 4.92. The van der Waals surface area contributed by atoms with Crippen LogP contribution in [-0.4, -0.2) is 9.79 Å². The van der Waals surface area contributed by atoms with E-state index in [1.165, 1.54) is 0 Å². The molecule has 0 saturated heterocycles. The first-order chi connectivity index (χ1) is 8.57. The van der Waals surface area contributed by atoms with Crippen molar-refractivity contribution >= 4 is 7.60 Å². The van der Waals surface area contributed by atoms with Gasteiger partial charge in [0.15, 0.2) is 0 Å². The summed E-state index contributed by atoms with van der Waals surface area (Å²) < 4.78 is 52.3. The van der Waals surface area contributed by atoms with Crippen molar-refractivity contribution in [2.45, 2.75) is 39.3 Å². The van der Waals surface area contributed by atoms with Gasteiger partial charge in [-0.2, -0.15) is 8.78 Å². The van der Waals surface area contributed by atoms with E-state index in [1.54, 1.807) is 20.8 Å². The fraction of sp³-hybridized carbons (Fsp3) is 0.500. The van der Waals surface area contributed by atoms with E-state index in [9.17, 15) is 17.7 Å². The highest BCUT2D eigenvalue weighted by atomic mass is 31.2. The van der Waals surface area contributed by atoms with E-state index in [0.717, 1.165) is 6.07 Å². The van der Waals surface area contributed by atoms with E-state index < -0.39 is 24.6 Å². The summed E-state index contributed by atoms with van der Waals surface area (Å²) in [7, 11) is -5.77. The van der Waals surface area contributed by atoms with Crippen molar-refractivity contribution in [3.63, 3.8) is 0 Å². The van der Waals surface area contributed by atoms with Crippen LogP contribution in [0.1, 0.15) is 36.1 Å². The first-order valence-corrected chi connectivity index (χ1v) is 7.43. The van der Waals surface area contributed by atoms with Crippen LogP contribution in [0.15, 0.2) is 6.07 Å². The molecule has 0 saturated carbocycles. The molecule has 3 nitrogen and oxygen atoms in total. The molecule has 1 aromatic carbocycles. The molecule has 0 spiro atoms. The molecule has 0 radical (unpaired) electrons. The summed E-state index contributed by atoms with van der Waals surface area (Å²) in [5.41, 5.74) is -4.66. The van der Waals surface area contributed by atoms with Crippen molar-refractivity contribution in [3.8, 4) is 0 Å². The molecule has 0 aliphatic rings. The average Bonchev–Trinajstić information content (AvgIpc) is 2.28. The largest absolute Gasteiger partial charge is 0.399 e. The van der Waals surface area contributed by atoms with Gasteiger partial charge in [0.2, 0.25) is 0 Å². The number of rotatable bonds is 4. The van der Waals surface area contributed by atoms with Gasteiger partial charge in [0.05, 0.1) is 5.56 Å². The highest BCUT2D eigenvalue weighted by molar-refractivity contribution is 7.52. The van der Waals surface area contributed by atoms with E-state index in [-0.39, 0.29) is 12.0 Å². The monoisotopic (exact) mass is 296 g/mol. The second kappa shape index (κ2) is 5.27. The second-order valence-corrected chi connectivity index (χ2v) is 5.94. The lowest BCUT2D eigenvalue weighted by atomic mass is 9.95. The highest BCUT2D eigenvalue weighted by Gasteiger charge is 2.52. The van der Waals surface area contributed by atoms with Gasteiger partial charge in [-0.1, -0.05) is 13.8 Å². The fourth-order valence-electron chi connectivity index (χ4n) is 2.03. The zero-order valence-electron chi connectivity index (χ0n) is 10.9. The molecular formula is C12H16F3O3P. The normalized spacial score (nSPS) is 12.8. The Kier molecular flexibility index (Phi) is 4.50. The summed E-state index contributed by atoms with van der Waals surface area (Å²) >= 11 is 0. The maximum absolute atomic E-state index is 14.1. The van der Waals surface area contributed by atoms with Gasteiger partial charge in [0, 0.05) is 0 Å². The summed E-state index contributed by atoms with van der Waals surface area (Å²) in [4.78, 5) is 17.4. The lowest BCUT2D eigenvalue weighted by molar-refractivity contribution is 0.0525. The zero-order chi connectivity index (χ0) is 15.0. The molecule has 108 valence electrons. The van der Waals surface area contributed by atoms with Gasteiger partial charge in [-0.05, 0) is 42.5 Å². The maximum atomic E-state index is 14.1. The third-order valence-electron chi connectivity index (χ3n) is 3.18. The van der Waals surface area contributed by atoms with Crippen molar-refractivity contribution in [2.75, 3.05) is 0 Å². The van der Waals surface area contributed by atoms with Crippen LogP contribution in [-0.2, 0) is 23.1 Å². The molecule has 0 fully saturated rings. The van der Waals surface area contributed by atoms with Crippen LogP contribution in [0.2, 0.25) is 0 Å². The predicted octanol–water partition coefficient (Wildman–Crippen LogP) is 3.49.